The van der Waals surface area contributed by atoms with Crippen molar-refractivity contribution < 1.29 is 47.9 Å². The minimum Gasteiger partial charge on any atom is -0.443 e. The van der Waals surface area contributed by atoms with Gasteiger partial charge in [0.05, 0.1) is 39.6 Å². The molecule has 0 radical (unpaired) electrons. The second-order valence-electron chi connectivity index (χ2n) is 15.3. The molecule has 332 valence electrons. The van der Waals surface area contributed by atoms with Crippen molar-refractivity contribution in [3.63, 3.8) is 0 Å². The Labute approximate surface area is 374 Å². The summed E-state index contributed by atoms with van der Waals surface area (Å²) in [5.74, 6) is 0. The molecule has 1 aliphatic rings. The van der Waals surface area contributed by atoms with Gasteiger partial charge in [0, 0.05) is 0 Å². The van der Waals surface area contributed by atoms with Crippen LogP contribution in [0.5, 0.6) is 0 Å². The minimum atomic E-state index is -1.32. The SMILES string of the molecule is O=C(NN(C(=O)OCc1ccccc1)[C@H](CO)[C@@H]1OC(COCc2ccccc2)[C@@H](OCc2ccccc2)C(OCc2ccccc2)C1OCc1ccccc1)OCc1ccccc1. The van der Waals surface area contributed by atoms with Gasteiger partial charge in [0.1, 0.15) is 49.8 Å². The van der Waals surface area contributed by atoms with Gasteiger partial charge >= 0.3 is 12.2 Å². The molecule has 0 aromatic heterocycles. The van der Waals surface area contributed by atoms with Crippen molar-refractivity contribution in [1.82, 2.24) is 10.4 Å². The van der Waals surface area contributed by atoms with Gasteiger partial charge in [0.25, 0.3) is 0 Å². The van der Waals surface area contributed by atoms with Gasteiger partial charge in [-0.25, -0.2) is 20.0 Å². The molecular weight excluding hydrogens is 813 g/mol. The molecule has 1 saturated heterocycles. The van der Waals surface area contributed by atoms with Gasteiger partial charge in [-0.1, -0.05) is 182 Å². The number of hydrazine groups is 1. The molecule has 0 aliphatic carbocycles. The zero-order chi connectivity index (χ0) is 44.2. The Kier molecular flexibility index (Phi) is 17.4. The van der Waals surface area contributed by atoms with E-state index in [0.717, 1.165) is 32.8 Å². The predicted octanol–water partition coefficient (Wildman–Crippen LogP) is 8.57. The number of nitrogens with one attached hydrogen (secondary N) is 1. The fourth-order valence-electron chi connectivity index (χ4n) is 7.37. The molecule has 6 atom stereocenters. The van der Waals surface area contributed by atoms with E-state index in [9.17, 15) is 14.7 Å². The van der Waals surface area contributed by atoms with Crippen molar-refractivity contribution in [2.24, 2.45) is 0 Å². The molecule has 6 aromatic carbocycles. The van der Waals surface area contributed by atoms with Crippen LogP contribution in [0.3, 0.4) is 0 Å². The third-order valence-corrected chi connectivity index (χ3v) is 10.6. The first kappa shape index (κ1) is 45.6. The van der Waals surface area contributed by atoms with Gasteiger partial charge in [-0.2, -0.15) is 0 Å². The molecule has 2 N–H and O–H groups in total. The summed E-state index contributed by atoms with van der Waals surface area (Å²) in [4.78, 5) is 28.0. The lowest BCUT2D eigenvalue weighted by molar-refractivity contribution is -0.283. The molecule has 7 rings (SSSR count). The van der Waals surface area contributed by atoms with E-state index < -0.39 is 55.4 Å². The summed E-state index contributed by atoms with van der Waals surface area (Å²) < 4.78 is 45.3. The van der Waals surface area contributed by atoms with E-state index in [1.54, 1.807) is 0 Å². The van der Waals surface area contributed by atoms with Crippen LogP contribution in [0.25, 0.3) is 0 Å². The molecule has 6 aromatic rings. The molecule has 0 bridgehead atoms. The summed E-state index contributed by atoms with van der Waals surface area (Å²) in [5.41, 5.74) is 7.67. The fourth-order valence-corrected chi connectivity index (χ4v) is 7.37. The van der Waals surface area contributed by atoms with Crippen molar-refractivity contribution in [3.05, 3.63) is 215 Å². The highest BCUT2D eigenvalue weighted by Gasteiger charge is 2.53. The summed E-state index contributed by atoms with van der Waals surface area (Å²) in [6, 6.07) is 55.8. The number of benzene rings is 6. The van der Waals surface area contributed by atoms with Gasteiger partial charge in [0.2, 0.25) is 0 Å². The van der Waals surface area contributed by atoms with Gasteiger partial charge < -0.3 is 38.3 Å². The highest BCUT2D eigenvalue weighted by Crippen LogP contribution is 2.34. The van der Waals surface area contributed by atoms with Gasteiger partial charge in [-0.05, 0) is 33.4 Å². The average Bonchev–Trinajstić information content (AvgIpc) is 3.35. The lowest BCUT2D eigenvalue weighted by atomic mass is 9.90. The van der Waals surface area contributed by atoms with Gasteiger partial charge in [0.15, 0.2) is 0 Å². The lowest BCUT2D eigenvalue weighted by Crippen LogP contribution is -2.68. The minimum absolute atomic E-state index is 0.0323. The summed E-state index contributed by atoms with van der Waals surface area (Å²) >= 11 is 0. The molecule has 2 amide bonds. The maximum absolute atomic E-state index is 14.3. The quantitative estimate of drug-likeness (QED) is 0.0720. The first-order valence-electron chi connectivity index (χ1n) is 21.4. The number of rotatable bonds is 20. The van der Waals surface area contributed by atoms with E-state index in [2.05, 4.69) is 5.43 Å². The summed E-state index contributed by atoms with van der Waals surface area (Å²) in [6.07, 6.45) is -6.62. The number of carbonyl (C=O) groups excluding carboxylic acids is 2. The topological polar surface area (TPSA) is 134 Å². The molecule has 12 heteroatoms. The maximum atomic E-state index is 14.3. The van der Waals surface area contributed by atoms with E-state index in [1.165, 1.54) is 0 Å². The molecule has 1 fully saturated rings. The van der Waals surface area contributed by atoms with Crippen molar-refractivity contribution in [1.29, 1.82) is 0 Å². The maximum Gasteiger partial charge on any atom is 0.429 e. The smallest absolute Gasteiger partial charge is 0.429 e. The number of amides is 2. The molecule has 3 unspecified atom stereocenters. The van der Waals surface area contributed by atoms with E-state index in [0.29, 0.717) is 5.56 Å². The summed E-state index contributed by atoms with van der Waals surface area (Å²) in [7, 11) is 0. The monoisotopic (exact) mass is 866 g/mol. The molecule has 12 nitrogen and oxygen atoms in total. The summed E-state index contributed by atoms with van der Waals surface area (Å²) in [6.45, 7) is -0.106. The normalized spacial score (nSPS) is 18.7. The van der Waals surface area contributed by atoms with E-state index >= 15 is 0 Å². The number of aliphatic hydroxyl groups excluding tert-OH is 1. The van der Waals surface area contributed by atoms with E-state index in [1.807, 2.05) is 182 Å². The van der Waals surface area contributed by atoms with Crippen LogP contribution in [0.2, 0.25) is 0 Å². The Bertz CT molecular complexity index is 2240. The zero-order valence-corrected chi connectivity index (χ0v) is 35.5. The van der Waals surface area contributed by atoms with E-state index in [4.69, 9.17) is 33.2 Å². The van der Waals surface area contributed by atoms with Crippen molar-refractivity contribution in [2.75, 3.05) is 13.2 Å². The fraction of sp³-hybridized carbons (Fsp3) is 0.269. The largest absolute Gasteiger partial charge is 0.443 e. The number of carbonyl (C=O) groups is 2. The lowest BCUT2D eigenvalue weighted by Gasteiger charge is -2.49. The third kappa shape index (κ3) is 13.6. The second kappa shape index (κ2) is 24.5. The van der Waals surface area contributed by atoms with Crippen LogP contribution >= 0.6 is 0 Å². The van der Waals surface area contributed by atoms with Crippen LogP contribution in [0, 0.1) is 0 Å². The highest BCUT2D eigenvalue weighted by molar-refractivity contribution is 5.74. The summed E-state index contributed by atoms with van der Waals surface area (Å²) in [5, 5.41) is 12.4. The standard InChI is InChI=1S/C52H54N2O10/c55-31-45(54(52(57)63-37-44-29-17-6-18-30-44)53-51(56)62-36-43-27-15-5-16-28-43)47-49(60-34-41-23-11-3-12-24-41)50(61-35-42-25-13-4-14-26-42)48(59-33-40-21-9-2-10-22-40)46(64-47)38-58-32-39-19-7-1-8-20-39/h1-30,45-50,55H,31-38H2,(H,53,56)/t45-,46?,47+,48-,49?,50?/m1/s1. The van der Waals surface area contributed by atoms with Gasteiger partial charge in [-0.3, -0.25) is 0 Å². The average molecular weight is 867 g/mol. The molecule has 0 saturated carbocycles. The van der Waals surface area contributed by atoms with Crippen LogP contribution in [-0.4, -0.2) is 72.1 Å². The van der Waals surface area contributed by atoms with Crippen LogP contribution in [0.4, 0.5) is 9.59 Å². The van der Waals surface area contributed by atoms with Crippen LogP contribution in [0.15, 0.2) is 182 Å². The number of nitrogens with zero attached hydrogens (tertiary/aromatic N) is 1. The van der Waals surface area contributed by atoms with Crippen molar-refractivity contribution in [2.45, 2.75) is 76.2 Å². The highest BCUT2D eigenvalue weighted by atomic mass is 16.6. The molecular formula is C52H54N2O10. The predicted molar refractivity (Wildman–Crippen MR) is 239 cm³/mol. The first-order valence-corrected chi connectivity index (χ1v) is 21.4. The Balaban J connectivity index is 1.26. The van der Waals surface area contributed by atoms with E-state index in [-0.39, 0.29) is 46.2 Å². The first-order chi connectivity index (χ1) is 31.5. The van der Waals surface area contributed by atoms with Crippen molar-refractivity contribution >= 4 is 12.2 Å². The van der Waals surface area contributed by atoms with Crippen LogP contribution < -0.4 is 5.43 Å². The molecule has 0 spiro atoms. The van der Waals surface area contributed by atoms with Crippen molar-refractivity contribution in [3.8, 4) is 0 Å². The zero-order valence-electron chi connectivity index (χ0n) is 35.5. The number of aliphatic hydroxyl groups is 1. The molecule has 1 heterocycles. The number of hydrogen-bond acceptors (Lipinski definition) is 10. The second-order valence-corrected chi connectivity index (χ2v) is 15.3. The Morgan fingerprint density at radius 2 is 0.875 bits per heavy atom. The van der Waals surface area contributed by atoms with Crippen LogP contribution in [-0.2, 0) is 72.8 Å². The van der Waals surface area contributed by atoms with Crippen LogP contribution in [0.1, 0.15) is 33.4 Å². The molecule has 1 aliphatic heterocycles. The Hall–Kier alpha value is -6.38. The Morgan fingerprint density at radius 3 is 1.31 bits per heavy atom. The number of ether oxygens (including phenoxy) is 7. The molecule has 64 heavy (non-hydrogen) atoms. The Morgan fingerprint density at radius 1 is 0.500 bits per heavy atom. The number of hydrogen-bond donors (Lipinski definition) is 2. The van der Waals surface area contributed by atoms with Gasteiger partial charge in [-0.15, -0.1) is 0 Å². The third-order valence-electron chi connectivity index (χ3n) is 10.6.